The fourth-order valence-electron chi connectivity index (χ4n) is 1.32. The summed E-state index contributed by atoms with van der Waals surface area (Å²) in [4.78, 5) is 11.5. The summed E-state index contributed by atoms with van der Waals surface area (Å²) in [5, 5.41) is 6.57. The fraction of sp³-hybridized carbons (Fsp3) is 0.600. The molecule has 0 aliphatic carbocycles. The molecule has 0 saturated heterocycles. The van der Waals surface area contributed by atoms with E-state index in [1.54, 1.807) is 13.2 Å². The molecule has 0 unspecified atom stereocenters. The van der Waals surface area contributed by atoms with E-state index in [4.69, 9.17) is 5.73 Å². The van der Waals surface area contributed by atoms with Gasteiger partial charge in [-0.1, -0.05) is 0 Å². The quantitative estimate of drug-likeness (QED) is 0.701. The van der Waals surface area contributed by atoms with Gasteiger partial charge in [-0.15, -0.1) is 0 Å². The second-order valence-electron chi connectivity index (χ2n) is 3.64. The summed E-state index contributed by atoms with van der Waals surface area (Å²) < 4.78 is 29.6. The molecule has 1 amide bonds. The first kappa shape index (κ1) is 14.5. The zero-order valence-electron chi connectivity index (χ0n) is 10.0. The molecule has 1 aromatic rings. The molecule has 102 valence electrons. The Bertz CT molecular complexity index is 395. The Hall–Kier alpha value is -1.54. The number of hydrogen-bond acceptors (Lipinski definition) is 4. The summed E-state index contributed by atoms with van der Waals surface area (Å²) >= 11 is 0. The third-order valence-electron chi connectivity index (χ3n) is 2.10. The summed E-state index contributed by atoms with van der Waals surface area (Å²) in [5.41, 5.74) is 6.19. The first-order valence-corrected chi connectivity index (χ1v) is 5.41. The highest BCUT2D eigenvalue weighted by molar-refractivity contribution is 5.90. The van der Waals surface area contributed by atoms with E-state index in [9.17, 15) is 13.6 Å². The van der Waals surface area contributed by atoms with Crippen molar-refractivity contribution in [2.24, 2.45) is 12.8 Å². The van der Waals surface area contributed by atoms with Crippen LogP contribution in [0.2, 0.25) is 0 Å². The molecule has 0 fully saturated rings. The molecular formula is C10H16F2N4O2. The topological polar surface area (TPSA) is 82.2 Å². The van der Waals surface area contributed by atoms with Gasteiger partial charge < -0.3 is 15.8 Å². The number of amides is 1. The maximum Gasteiger partial charge on any atom is 0.261 e. The molecule has 0 atom stereocenters. The van der Waals surface area contributed by atoms with Crippen LogP contribution in [-0.4, -0.2) is 35.3 Å². The maximum atomic E-state index is 11.8. The van der Waals surface area contributed by atoms with Crippen LogP contribution in [0.4, 0.5) is 14.6 Å². The van der Waals surface area contributed by atoms with Gasteiger partial charge in [-0.3, -0.25) is 9.48 Å². The van der Waals surface area contributed by atoms with Crippen molar-refractivity contribution in [2.75, 3.05) is 18.5 Å². The van der Waals surface area contributed by atoms with E-state index in [1.165, 1.54) is 4.68 Å². The van der Waals surface area contributed by atoms with Gasteiger partial charge in [0.1, 0.15) is 6.61 Å². The summed E-state index contributed by atoms with van der Waals surface area (Å²) in [5.74, 6) is 0.0384. The SMILES string of the molecule is Cn1cc(CN)c(NC(=O)CCOCC(F)F)n1. The van der Waals surface area contributed by atoms with Crippen LogP contribution < -0.4 is 11.1 Å². The number of carbonyl (C=O) groups excluding carboxylic acids is 1. The van der Waals surface area contributed by atoms with Crippen molar-refractivity contribution in [2.45, 2.75) is 19.4 Å². The summed E-state index contributed by atoms with van der Waals surface area (Å²) in [6.07, 6.45) is -0.830. The molecule has 18 heavy (non-hydrogen) atoms. The van der Waals surface area contributed by atoms with E-state index < -0.39 is 13.0 Å². The zero-order valence-corrected chi connectivity index (χ0v) is 10.0. The van der Waals surface area contributed by atoms with Crippen LogP contribution in [0.3, 0.4) is 0 Å². The molecule has 3 N–H and O–H groups in total. The Kier molecular flexibility index (Phi) is 5.66. The van der Waals surface area contributed by atoms with Gasteiger partial charge in [-0.25, -0.2) is 8.78 Å². The monoisotopic (exact) mass is 262 g/mol. The number of carbonyl (C=O) groups is 1. The van der Waals surface area contributed by atoms with Gasteiger partial charge in [0.25, 0.3) is 6.43 Å². The lowest BCUT2D eigenvalue weighted by atomic mass is 10.3. The first-order chi connectivity index (χ1) is 8.52. The number of rotatable bonds is 7. The Balaban J connectivity index is 2.35. The van der Waals surface area contributed by atoms with Crippen LogP contribution in [-0.2, 0) is 23.1 Å². The molecule has 0 bridgehead atoms. The molecular weight excluding hydrogens is 246 g/mol. The molecule has 0 aromatic carbocycles. The van der Waals surface area contributed by atoms with Crippen molar-refractivity contribution in [3.63, 3.8) is 0 Å². The van der Waals surface area contributed by atoms with Gasteiger partial charge in [-0.05, 0) is 0 Å². The molecule has 0 saturated carbocycles. The minimum atomic E-state index is -2.52. The predicted molar refractivity (Wildman–Crippen MR) is 61.2 cm³/mol. The minimum absolute atomic E-state index is 0.00664. The van der Waals surface area contributed by atoms with Crippen molar-refractivity contribution < 1.29 is 18.3 Å². The van der Waals surface area contributed by atoms with Crippen LogP contribution in [0.1, 0.15) is 12.0 Å². The number of anilines is 1. The number of aryl methyl sites for hydroxylation is 1. The molecule has 8 heteroatoms. The smallest absolute Gasteiger partial charge is 0.261 e. The molecule has 1 rings (SSSR count). The van der Waals surface area contributed by atoms with E-state index in [0.29, 0.717) is 11.4 Å². The van der Waals surface area contributed by atoms with Crippen LogP contribution >= 0.6 is 0 Å². The number of ether oxygens (including phenoxy) is 1. The second-order valence-corrected chi connectivity index (χ2v) is 3.64. The van der Waals surface area contributed by atoms with Crippen LogP contribution in [0.15, 0.2) is 6.20 Å². The average Bonchev–Trinajstić information content (AvgIpc) is 2.64. The Morgan fingerprint density at radius 2 is 2.39 bits per heavy atom. The lowest BCUT2D eigenvalue weighted by molar-refractivity contribution is -0.117. The van der Waals surface area contributed by atoms with Gasteiger partial charge in [0.15, 0.2) is 5.82 Å². The van der Waals surface area contributed by atoms with Gasteiger partial charge in [0.2, 0.25) is 5.91 Å². The number of hydrogen-bond donors (Lipinski definition) is 2. The molecule has 6 nitrogen and oxygen atoms in total. The molecule has 0 spiro atoms. The molecule has 0 aliphatic rings. The van der Waals surface area contributed by atoms with Crippen LogP contribution in [0, 0.1) is 0 Å². The highest BCUT2D eigenvalue weighted by atomic mass is 19.3. The number of alkyl halides is 2. The van der Waals surface area contributed by atoms with Crippen molar-refractivity contribution >= 4 is 11.7 Å². The zero-order chi connectivity index (χ0) is 13.5. The van der Waals surface area contributed by atoms with Crippen molar-refractivity contribution in [1.29, 1.82) is 0 Å². The number of nitrogens with two attached hydrogens (primary N) is 1. The summed E-state index contributed by atoms with van der Waals surface area (Å²) in [6.45, 7) is -0.461. The molecule has 1 aromatic heterocycles. The lowest BCUT2D eigenvalue weighted by Crippen LogP contribution is -2.17. The average molecular weight is 262 g/mol. The molecule has 0 aliphatic heterocycles. The molecule has 1 heterocycles. The number of halogens is 2. The van der Waals surface area contributed by atoms with Crippen LogP contribution in [0.25, 0.3) is 0 Å². The summed E-state index contributed by atoms with van der Waals surface area (Å²) in [7, 11) is 1.71. The fourth-order valence-corrected chi connectivity index (χ4v) is 1.32. The van der Waals surface area contributed by atoms with Crippen molar-refractivity contribution in [3.05, 3.63) is 11.8 Å². The van der Waals surface area contributed by atoms with Gasteiger partial charge in [0.05, 0.1) is 13.0 Å². The van der Waals surface area contributed by atoms with Gasteiger partial charge in [0, 0.05) is 25.4 Å². The Morgan fingerprint density at radius 1 is 1.67 bits per heavy atom. The van der Waals surface area contributed by atoms with Crippen LogP contribution in [0.5, 0.6) is 0 Å². The Morgan fingerprint density at radius 3 is 3.00 bits per heavy atom. The standard InChI is InChI=1S/C10H16F2N4O2/c1-16-5-7(4-13)10(15-16)14-9(17)2-3-18-6-8(11)12/h5,8H,2-4,6,13H2,1H3,(H,14,15,17). The van der Waals surface area contributed by atoms with Gasteiger partial charge >= 0.3 is 0 Å². The first-order valence-electron chi connectivity index (χ1n) is 5.41. The summed E-state index contributed by atoms with van der Waals surface area (Å²) in [6, 6.07) is 0. The largest absolute Gasteiger partial charge is 0.375 e. The van der Waals surface area contributed by atoms with E-state index in [0.717, 1.165) is 0 Å². The maximum absolute atomic E-state index is 11.8. The highest BCUT2D eigenvalue weighted by Gasteiger charge is 2.10. The number of nitrogens with one attached hydrogen (secondary N) is 1. The van der Waals surface area contributed by atoms with Gasteiger partial charge in [-0.2, -0.15) is 5.10 Å². The number of aromatic nitrogens is 2. The third-order valence-corrected chi connectivity index (χ3v) is 2.10. The number of nitrogens with zero attached hydrogens (tertiary/aromatic N) is 2. The second kappa shape index (κ2) is 7.02. The van der Waals surface area contributed by atoms with Crippen molar-refractivity contribution in [3.8, 4) is 0 Å². The lowest BCUT2D eigenvalue weighted by Gasteiger charge is -2.05. The minimum Gasteiger partial charge on any atom is -0.375 e. The molecule has 0 radical (unpaired) electrons. The van der Waals surface area contributed by atoms with E-state index in [1.807, 2.05) is 0 Å². The van der Waals surface area contributed by atoms with E-state index in [2.05, 4.69) is 15.2 Å². The third kappa shape index (κ3) is 4.76. The Labute approximate surface area is 103 Å². The highest BCUT2D eigenvalue weighted by Crippen LogP contribution is 2.11. The normalized spacial score (nSPS) is 10.9. The van der Waals surface area contributed by atoms with Crippen molar-refractivity contribution in [1.82, 2.24) is 9.78 Å². The van der Waals surface area contributed by atoms with E-state index in [-0.39, 0.29) is 25.5 Å². The van der Waals surface area contributed by atoms with E-state index >= 15 is 0 Å². The predicted octanol–water partition coefficient (Wildman–Crippen LogP) is 0.489.